The molecule has 0 fully saturated rings. The molecule has 0 saturated carbocycles. The molecule has 0 amide bonds. The van der Waals surface area contributed by atoms with Crippen LogP contribution in [0.25, 0.3) is 76.8 Å². The van der Waals surface area contributed by atoms with Crippen LogP contribution in [-0.4, -0.2) is 125 Å². The van der Waals surface area contributed by atoms with E-state index in [4.69, 9.17) is 7.85 Å². The first-order valence-corrected chi connectivity index (χ1v) is 19.7. The average Bonchev–Trinajstić information content (AvgIpc) is 3.32. The van der Waals surface area contributed by atoms with E-state index in [-0.39, 0.29) is 32.7 Å². The topological polar surface area (TPSA) is 465 Å². The number of fused-ring (bicyclic) bond motifs is 6. The molecule has 70 heavy (non-hydrogen) atoms. The molecule has 8 rings (SSSR count). The Hall–Kier alpha value is -10.00. The third-order valence-electron chi connectivity index (χ3n) is 12.8. The van der Waals surface area contributed by atoms with Crippen LogP contribution in [0.3, 0.4) is 0 Å². The minimum absolute atomic E-state index is 0.0187. The van der Waals surface area contributed by atoms with E-state index >= 15 is 0 Å². The minimum Gasteiger partial charge on any atom is -0.508 e. The summed E-state index contributed by atoms with van der Waals surface area (Å²) in [6.07, 6.45) is 0. The Morgan fingerprint density at radius 1 is 0.171 bits per heavy atom. The van der Waals surface area contributed by atoms with Gasteiger partial charge in [0.25, 0.3) is 0 Å². The zero-order chi connectivity index (χ0) is 52.2. The molecule has 0 heterocycles. The Morgan fingerprint density at radius 2 is 0.371 bits per heavy atom. The maximum atomic E-state index is 12.4. The van der Waals surface area contributed by atoms with Crippen LogP contribution in [0.2, 0.25) is 0 Å². The molecule has 23 N–H and O–H groups in total. The number of hydrogen-bond acceptors (Lipinski definition) is 23. The molecule has 0 unspecified atom stereocenters. The zero-order valence-corrected chi connectivity index (χ0v) is 35.9. The van der Waals surface area contributed by atoms with Gasteiger partial charge in [0.1, 0.15) is 42.3 Å². The summed E-state index contributed by atoms with van der Waals surface area (Å²) in [4.78, 5) is 0. The first kappa shape index (κ1) is 46.5. The number of hydrogen-bond donors (Lipinski definition) is 23. The second kappa shape index (κ2) is 14.8. The normalized spacial score (nSPS) is 11.7. The van der Waals surface area contributed by atoms with Gasteiger partial charge < -0.3 is 117 Å². The molecule has 23 nitrogen and oxygen atoms in total. The zero-order valence-electron chi connectivity index (χ0n) is 35.9. The van der Waals surface area contributed by atoms with E-state index in [9.17, 15) is 117 Å². The van der Waals surface area contributed by atoms with Crippen LogP contribution in [0.4, 0.5) is 0 Å². The largest absolute Gasteiger partial charge is 0.508 e. The molecule has 360 valence electrons. The molecule has 8 aromatic carbocycles. The van der Waals surface area contributed by atoms with Crippen molar-refractivity contribution in [1.29, 1.82) is 0 Å². The average molecular weight is 967 g/mol. The molecule has 0 aliphatic rings. The van der Waals surface area contributed by atoms with Gasteiger partial charge in [0.2, 0.25) is 40.2 Å². The molecule has 0 aromatic heterocycles. The fraction of sp³-hybridized carbons (Fsp3) is 0.0870. The lowest BCUT2D eigenvalue weighted by atomic mass is 9.79. The van der Waals surface area contributed by atoms with Crippen molar-refractivity contribution < 1.29 is 117 Å². The van der Waals surface area contributed by atoms with Crippen LogP contribution in [0, 0.1) is 27.7 Å². The van der Waals surface area contributed by atoms with Gasteiger partial charge in [-0.05, 0) is 55.2 Å². The molecule has 0 aliphatic heterocycles. The Balaban J connectivity index is 1.64. The molecule has 0 spiro atoms. The molecule has 0 aliphatic carbocycles. The number of phenols is 23. The number of benzene rings is 8. The summed E-state index contributed by atoms with van der Waals surface area (Å²) in [7, 11) is 6.25. The van der Waals surface area contributed by atoms with E-state index in [1.54, 1.807) is 0 Å². The van der Waals surface area contributed by atoms with Crippen LogP contribution in [0.15, 0.2) is 0 Å². The van der Waals surface area contributed by atoms with Crippen LogP contribution in [0.5, 0.6) is 132 Å². The summed E-state index contributed by atoms with van der Waals surface area (Å²) < 4.78 is 0. The molecule has 0 atom stereocenters. The van der Waals surface area contributed by atoms with E-state index in [2.05, 4.69) is 0 Å². The van der Waals surface area contributed by atoms with Crippen molar-refractivity contribution in [3.8, 4) is 177 Å². The quantitative estimate of drug-likeness (QED) is 0.0473. The first-order chi connectivity index (χ1) is 32.5. The Labute approximate surface area is 389 Å². The van der Waals surface area contributed by atoms with Crippen molar-refractivity contribution in [2.24, 2.45) is 0 Å². The van der Waals surface area contributed by atoms with Gasteiger partial charge in [0.15, 0.2) is 57.5 Å². The lowest BCUT2D eigenvalue weighted by molar-refractivity contribution is 0.329. The van der Waals surface area contributed by atoms with Gasteiger partial charge in [-0.3, -0.25) is 0 Å². The highest BCUT2D eigenvalue weighted by Crippen LogP contribution is 2.69. The highest BCUT2D eigenvalue weighted by atomic mass is 16.4. The second-order valence-electron chi connectivity index (χ2n) is 16.2. The van der Waals surface area contributed by atoms with Gasteiger partial charge in [0, 0.05) is 21.5 Å². The van der Waals surface area contributed by atoms with Gasteiger partial charge in [-0.1, -0.05) is 11.0 Å². The van der Waals surface area contributed by atoms with Crippen LogP contribution < -0.4 is 5.46 Å². The van der Waals surface area contributed by atoms with Crippen LogP contribution in [-0.2, 0) is 0 Å². The van der Waals surface area contributed by atoms with E-state index < -0.39 is 193 Å². The van der Waals surface area contributed by atoms with E-state index in [1.807, 2.05) is 0 Å². The van der Waals surface area contributed by atoms with Crippen molar-refractivity contribution in [1.82, 2.24) is 0 Å². The lowest BCUT2D eigenvalue weighted by Gasteiger charge is -2.25. The maximum absolute atomic E-state index is 12.4. The number of phenolic OH excluding ortho intramolecular Hbond substituents is 23. The van der Waals surface area contributed by atoms with Crippen molar-refractivity contribution in [2.75, 3.05) is 0 Å². The fourth-order valence-electron chi connectivity index (χ4n) is 8.96. The Kier molecular flexibility index (Phi) is 9.81. The predicted octanol–water partition coefficient (Wildman–Crippen LogP) is 5.07. The van der Waals surface area contributed by atoms with Crippen LogP contribution in [0.1, 0.15) is 22.3 Å². The maximum Gasteiger partial charge on any atom is 0.208 e. The van der Waals surface area contributed by atoms with Crippen molar-refractivity contribution in [3.05, 3.63) is 22.3 Å². The monoisotopic (exact) mass is 966 g/mol. The lowest BCUT2D eigenvalue weighted by Crippen LogP contribution is -2.11. The van der Waals surface area contributed by atoms with Gasteiger partial charge in [0.05, 0.1) is 44.5 Å². The summed E-state index contributed by atoms with van der Waals surface area (Å²) in [6.45, 7) is 5.91. The third kappa shape index (κ3) is 5.45. The van der Waals surface area contributed by atoms with Crippen molar-refractivity contribution in [3.63, 3.8) is 0 Å². The Morgan fingerprint density at radius 3 is 0.729 bits per heavy atom. The molecule has 8 aromatic rings. The minimum atomic E-state index is -1.86. The number of rotatable bonds is 4. The SMILES string of the molecule is [B]c1c(C)c(C)c2c3c(C)c(C)c(O)c(O)c3c3c(O)c(-c4c(O)c(O)c(O)c(-c5c(O)c(-c6c(O)c(O)c(O)c(O)c6O)c(O)c(-c6c(O)c(O)c(O)c(O)c6O)c5O)c4O)c(O)c(O)c3c2c1O. The highest BCUT2D eigenvalue weighted by molar-refractivity contribution is 6.41. The standard InChI is InChI=1S/C46H35BO23/c1-5-7(3)23(47)30(54)11-9(5)10-6(2)8(4)24(48)31(55)12(10)13-14(11)32(56)33(57)19(25(13)49)20-29(53)18(34(58)40(64)35(20)59)15-26(50)16(21-36(60)41(65)45(69)42(66)37(21)61)28(52)17(27(15)51)22-38(62)43(67)46(70)44(68)39(22)63/h48-70H,1-4H3. The summed E-state index contributed by atoms with van der Waals surface area (Å²) in [5.41, 5.74) is -11.9. The first-order valence-electron chi connectivity index (χ1n) is 19.7. The highest BCUT2D eigenvalue weighted by Gasteiger charge is 2.41. The molecular weight excluding hydrogens is 931 g/mol. The van der Waals surface area contributed by atoms with Crippen molar-refractivity contribution in [2.45, 2.75) is 27.7 Å². The smallest absolute Gasteiger partial charge is 0.208 e. The van der Waals surface area contributed by atoms with Crippen LogP contribution >= 0.6 is 0 Å². The molecule has 24 heteroatoms. The van der Waals surface area contributed by atoms with E-state index in [0.717, 1.165) is 0 Å². The summed E-state index contributed by atoms with van der Waals surface area (Å²) >= 11 is 0. The molecule has 0 bridgehead atoms. The predicted molar refractivity (Wildman–Crippen MR) is 243 cm³/mol. The van der Waals surface area contributed by atoms with E-state index in [1.165, 1.54) is 27.7 Å². The molecule has 0 saturated heterocycles. The van der Waals surface area contributed by atoms with Gasteiger partial charge >= 0.3 is 0 Å². The van der Waals surface area contributed by atoms with Gasteiger partial charge in [-0.2, -0.15) is 0 Å². The van der Waals surface area contributed by atoms with Gasteiger partial charge in [-0.15, -0.1) is 0 Å². The summed E-state index contributed by atoms with van der Waals surface area (Å²) in [5.74, 6) is -36.6. The second-order valence-corrected chi connectivity index (χ2v) is 16.2. The third-order valence-corrected chi connectivity index (χ3v) is 12.8. The number of aryl methyl sites for hydroxylation is 2. The summed E-state index contributed by atoms with van der Waals surface area (Å²) in [5, 5.41) is 256. The Bertz CT molecular complexity index is 3600. The summed E-state index contributed by atoms with van der Waals surface area (Å²) in [6, 6.07) is 0. The van der Waals surface area contributed by atoms with Gasteiger partial charge in [-0.25, -0.2) is 0 Å². The van der Waals surface area contributed by atoms with Crippen molar-refractivity contribution >= 4 is 45.6 Å². The fourth-order valence-corrected chi connectivity index (χ4v) is 8.96. The molecular formula is C46H35BO23. The number of aromatic hydroxyl groups is 23. The molecule has 2 radical (unpaired) electrons. The van der Waals surface area contributed by atoms with E-state index in [0.29, 0.717) is 11.1 Å².